The molecule has 0 radical (unpaired) electrons. The van der Waals surface area contributed by atoms with Crippen LogP contribution in [0.3, 0.4) is 0 Å². The zero-order valence-electron chi connectivity index (χ0n) is 18.8. The van der Waals surface area contributed by atoms with E-state index in [1.165, 1.54) is 22.6 Å². The number of aromatic nitrogens is 1. The summed E-state index contributed by atoms with van der Waals surface area (Å²) in [6.45, 7) is 8.30. The van der Waals surface area contributed by atoms with Crippen LogP contribution in [-0.2, 0) is 31.0 Å². The number of carbonyl (C=O) groups excluding carboxylic acids is 2. The van der Waals surface area contributed by atoms with Gasteiger partial charge in [-0.25, -0.2) is 13.4 Å². The normalized spacial score (nSPS) is 15.5. The molecule has 0 atom stereocenters. The fraction of sp³-hybridized carbons (Fsp3) is 0.500. The molecule has 1 aliphatic rings. The first kappa shape index (κ1) is 24.3. The summed E-state index contributed by atoms with van der Waals surface area (Å²) in [5.74, 6) is -0.779. The minimum Gasteiger partial charge on any atom is -0.459 e. The van der Waals surface area contributed by atoms with Gasteiger partial charge in [-0.3, -0.25) is 14.5 Å². The quantitative estimate of drug-likeness (QED) is 0.566. The van der Waals surface area contributed by atoms with Crippen molar-refractivity contribution in [1.29, 1.82) is 0 Å². The molecule has 1 saturated heterocycles. The Bertz CT molecular complexity index is 1090. The summed E-state index contributed by atoms with van der Waals surface area (Å²) in [7, 11) is -3.58. The van der Waals surface area contributed by atoms with Gasteiger partial charge in [0.1, 0.15) is 6.61 Å². The zero-order valence-corrected chi connectivity index (χ0v) is 20.5. The molecule has 1 amide bonds. The van der Waals surface area contributed by atoms with Crippen molar-refractivity contribution in [3.05, 3.63) is 40.4 Å². The number of benzene rings is 1. The second kappa shape index (κ2) is 10.1. The van der Waals surface area contributed by atoms with Gasteiger partial charge < -0.3 is 4.74 Å². The maximum Gasteiger partial charge on any atom is 0.309 e. The van der Waals surface area contributed by atoms with Crippen LogP contribution in [0.1, 0.15) is 43.5 Å². The maximum absolute atomic E-state index is 12.9. The number of carbonyl (C=O) groups is 2. The van der Waals surface area contributed by atoms with E-state index in [-0.39, 0.29) is 42.4 Å². The van der Waals surface area contributed by atoms with Gasteiger partial charge in [0.25, 0.3) is 0 Å². The number of amides is 1. The van der Waals surface area contributed by atoms with Gasteiger partial charge in [-0.1, -0.05) is 6.07 Å². The third-order valence-corrected chi connectivity index (χ3v) is 8.54. The Kier molecular flexibility index (Phi) is 7.68. The average Bonchev–Trinajstić information content (AvgIpc) is 3.22. The van der Waals surface area contributed by atoms with E-state index in [1.807, 2.05) is 26.8 Å². The largest absolute Gasteiger partial charge is 0.459 e. The van der Waals surface area contributed by atoms with Crippen molar-refractivity contribution in [1.82, 2.24) is 9.29 Å². The number of esters is 1. The lowest BCUT2D eigenvalue weighted by Crippen LogP contribution is -2.40. The van der Waals surface area contributed by atoms with E-state index in [0.29, 0.717) is 30.2 Å². The van der Waals surface area contributed by atoms with Crippen molar-refractivity contribution in [2.75, 3.05) is 24.5 Å². The van der Waals surface area contributed by atoms with Crippen molar-refractivity contribution in [2.24, 2.45) is 5.92 Å². The SMILES string of the molecule is CCN(C(C)=O)c1nc(COC(=O)C2CCN(S(=O)(=O)c3ccc(C)c(C)c3)CC2)cs1. The number of sulfonamides is 1. The van der Waals surface area contributed by atoms with E-state index in [0.717, 1.165) is 11.1 Å². The van der Waals surface area contributed by atoms with E-state index in [2.05, 4.69) is 4.98 Å². The highest BCUT2D eigenvalue weighted by Gasteiger charge is 2.33. The summed E-state index contributed by atoms with van der Waals surface area (Å²) in [5.41, 5.74) is 2.56. The minimum atomic E-state index is -3.58. The van der Waals surface area contributed by atoms with Crippen molar-refractivity contribution in [2.45, 2.75) is 52.0 Å². The van der Waals surface area contributed by atoms with Crippen LogP contribution >= 0.6 is 11.3 Å². The Labute approximate surface area is 193 Å². The van der Waals surface area contributed by atoms with E-state index in [4.69, 9.17) is 4.74 Å². The second-order valence-electron chi connectivity index (χ2n) is 7.92. The topological polar surface area (TPSA) is 96.9 Å². The summed E-state index contributed by atoms with van der Waals surface area (Å²) in [6.07, 6.45) is 0.832. The molecule has 0 N–H and O–H groups in total. The maximum atomic E-state index is 12.9. The summed E-state index contributed by atoms with van der Waals surface area (Å²) < 4.78 is 32.7. The van der Waals surface area contributed by atoms with Gasteiger partial charge >= 0.3 is 5.97 Å². The number of hydrogen-bond acceptors (Lipinski definition) is 7. The molecular weight excluding hydrogens is 450 g/mol. The predicted octanol–water partition coefficient (Wildman–Crippen LogP) is 3.28. The van der Waals surface area contributed by atoms with Crippen LogP contribution in [0, 0.1) is 19.8 Å². The average molecular weight is 480 g/mol. The van der Waals surface area contributed by atoms with Gasteiger partial charge in [0.05, 0.1) is 16.5 Å². The van der Waals surface area contributed by atoms with Crippen LogP contribution in [0.25, 0.3) is 0 Å². The van der Waals surface area contributed by atoms with Gasteiger partial charge in [0.15, 0.2) is 5.13 Å². The Hall–Kier alpha value is -2.30. The Morgan fingerprint density at radius 1 is 1.22 bits per heavy atom. The fourth-order valence-electron chi connectivity index (χ4n) is 3.60. The minimum absolute atomic E-state index is 0.0337. The second-order valence-corrected chi connectivity index (χ2v) is 10.7. The molecule has 0 saturated carbocycles. The van der Waals surface area contributed by atoms with Crippen molar-refractivity contribution in [3.8, 4) is 0 Å². The molecule has 0 aliphatic carbocycles. The highest BCUT2D eigenvalue weighted by atomic mass is 32.2. The van der Waals surface area contributed by atoms with Crippen molar-refractivity contribution < 1.29 is 22.7 Å². The third kappa shape index (κ3) is 5.36. The van der Waals surface area contributed by atoms with Crippen molar-refractivity contribution in [3.63, 3.8) is 0 Å². The van der Waals surface area contributed by atoms with Crippen LogP contribution in [0.5, 0.6) is 0 Å². The molecule has 1 aromatic heterocycles. The monoisotopic (exact) mass is 479 g/mol. The van der Waals surface area contributed by atoms with E-state index >= 15 is 0 Å². The van der Waals surface area contributed by atoms with Gasteiger partial charge in [-0.15, -0.1) is 11.3 Å². The van der Waals surface area contributed by atoms with Gasteiger partial charge in [-0.2, -0.15) is 4.31 Å². The zero-order chi connectivity index (χ0) is 23.5. The molecule has 1 fully saturated rings. The molecule has 2 aromatic rings. The first-order valence-electron chi connectivity index (χ1n) is 10.6. The van der Waals surface area contributed by atoms with Crippen LogP contribution in [0.15, 0.2) is 28.5 Å². The summed E-state index contributed by atoms with van der Waals surface area (Å²) >= 11 is 1.33. The molecule has 10 heteroatoms. The molecule has 2 heterocycles. The highest BCUT2D eigenvalue weighted by Crippen LogP contribution is 2.26. The van der Waals surface area contributed by atoms with E-state index < -0.39 is 10.0 Å². The Morgan fingerprint density at radius 2 is 1.91 bits per heavy atom. The molecule has 3 rings (SSSR count). The number of thiazole rings is 1. The van der Waals surface area contributed by atoms with E-state index in [9.17, 15) is 18.0 Å². The molecule has 32 heavy (non-hydrogen) atoms. The van der Waals surface area contributed by atoms with Crippen LogP contribution in [-0.4, -0.2) is 49.2 Å². The number of nitrogens with zero attached hydrogens (tertiary/aromatic N) is 3. The molecular formula is C22H29N3O5S2. The first-order valence-corrected chi connectivity index (χ1v) is 12.9. The number of anilines is 1. The molecule has 1 aromatic carbocycles. The van der Waals surface area contributed by atoms with Gasteiger partial charge in [-0.05, 0) is 56.9 Å². The summed E-state index contributed by atoms with van der Waals surface area (Å²) in [5, 5.41) is 2.35. The number of rotatable bonds is 7. The molecule has 174 valence electrons. The smallest absolute Gasteiger partial charge is 0.309 e. The number of aryl methyl sites for hydroxylation is 2. The number of piperidine rings is 1. The standard InChI is InChI=1S/C22H29N3O5S2/c1-5-25(17(4)26)22-23-19(14-31-22)13-30-21(27)18-8-10-24(11-9-18)32(28,29)20-7-6-15(2)16(3)12-20/h6-7,12,14,18H,5,8-11,13H2,1-4H3. The molecule has 1 aliphatic heterocycles. The molecule has 0 unspecified atom stereocenters. The van der Waals surface area contributed by atoms with Crippen LogP contribution < -0.4 is 4.90 Å². The predicted molar refractivity (Wildman–Crippen MR) is 123 cm³/mol. The highest BCUT2D eigenvalue weighted by molar-refractivity contribution is 7.89. The lowest BCUT2D eigenvalue weighted by atomic mass is 9.98. The lowest BCUT2D eigenvalue weighted by molar-refractivity contribution is -0.151. The molecule has 8 nitrogen and oxygen atoms in total. The van der Waals surface area contributed by atoms with Gasteiger partial charge in [0, 0.05) is 31.9 Å². The number of ether oxygens (including phenoxy) is 1. The summed E-state index contributed by atoms with van der Waals surface area (Å²) in [4.78, 5) is 30.4. The van der Waals surface area contributed by atoms with Crippen LogP contribution in [0.2, 0.25) is 0 Å². The Balaban J connectivity index is 1.54. The van der Waals surface area contributed by atoms with Crippen molar-refractivity contribution >= 4 is 38.4 Å². The third-order valence-electron chi connectivity index (χ3n) is 5.73. The fourth-order valence-corrected chi connectivity index (χ4v) is 6.07. The number of hydrogen-bond donors (Lipinski definition) is 0. The lowest BCUT2D eigenvalue weighted by Gasteiger charge is -2.30. The summed E-state index contributed by atoms with van der Waals surface area (Å²) in [6, 6.07) is 5.14. The Morgan fingerprint density at radius 3 is 2.50 bits per heavy atom. The van der Waals surface area contributed by atoms with Crippen LogP contribution in [0.4, 0.5) is 5.13 Å². The molecule has 0 spiro atoms. The van der Waals surface area contributed by atoms with Gasteiger partial charge in [0.2, 0.25) is 15.9 Å². The molecule has 0 bridgehead atoms. The first-order chi connectivity index (χ1) is 15.1. The van der Waals surface area contributed by atoms with E-state index in [1.54, 1.807) is 22.4 Å².